The van der Waals surface area contributed by atoms with E-state index < -0.39 is 28.9 Å². The number of carboxylic acids is 1. The van der Waals surface area contributed by atoms with Gasteiger partial charge in [-0.1, -0.05) is 0 Å². The monoisotopic (exact) mass is 298 g/mol. The second-order valence-corrected chi connectivity index (χ2v) is 4.92. The lowest BCUT2D eigenvalue weighted by atomic mass is 10.1. The Kier molecular flexibility index (Phi) is 4.72. The molecular weight excluding hydrogens is 282 g/mol. The number of halogens is 2. The lowest BCUT2D eigenvalue weighted by Crippen LogP contribution is -2.39. The highest BCUT2D eigenvalue weighted by Crippen LogP contribution is 2.21. The maximum Gasteiger partial charge on any atom is 0.335 e. The average Bonchev–Trinajstić information content (AvgIpc) is 2.46. The zero-order valence-corrected chi connectivity index (χ0v) is 11.4. The Morgan fingerprint density at radius 1 is 1.14 bits per heavy atom. The van der Waals surface area contributed by atoms with Crippen molar-refractivity contribution in [2.75, 3.05) is 25.0 Å². The number of carbonyl (C=O) groups excluding carboxylic acids is 1. The molecule has 1 aromatic carbocycles. The smallest absolute Gasteiger partial charge is 0.335 e. The van der Waals surface area contributed by atoms with Crippen LogP contribution in [0.3, 0.4) is 0 Å². The predicted octanol–water partition coefficient (Wildman–Crippen LogP) is 2.09. The largest absolute Gasteiger partial charge is 0.478 e. The Labute approximate surface area is 120 Å². The summed E-state index contributed by atoms with van der Waals surface area (Å²) >= 11 is 0. The number of rotatable bonds is 4. The molecule has 0 bridgehead atoms. The summed E-state index contributed by atoms with van der Waals surface area (Å²) in [6.07, 6.45) is 2.95. The van der Waals surface area contributed by atoms with Gasteiger partial charge in [0.2, 0.25) is 5.91 Å². The number of carbonyl (C=O) groups is 2. The van der Waals surface area contributed by atoms with Crippen LogP contribution >= 0.6 is 0 Å². The van der Waals surface area contributed by atoms with Crippen molar-refractivity contribution in [3.63, 3.8) is 0 Å². The van der Waals surface area contributed by atoms with Crippen molar-refractivity contribution in [2.45, 2.75) is 19.3 Å². The molecule has 1 saturated heterocycles. The first-order chi connectivity index (χ1) is 9.99. The van der Waals surface area contributed by atoms with Crippen molar-refractivity contribution in [1.29, 1.82) is 0 Å². The van der Waals surface area contributed by atoms with Gasteiger partial charge in [-0.3, -0.25) is 4.79 Å². The van der Waals surface area contributed by atoms with Gasteiger partial charge in [0.15, 0.2) is 0 Å². The van der Waals surface area contributed by atoms with Crippen LogP contribution in [0.4, 0.5) is 14.5 Å². The minimum atomic E-state index is -1.41. The number of hydrogen-bond acceptors (Lipinski definition) is 3. The summed E-state index contributed by atoms with van der Waals surface area (Å²) in [5, 5.41) is 11.1. The zero-order valence-electron chi connectivity index (χ0n) is 11.4. The molecule has 1 aliphatic rings. The highest BCUT2D eigenvalue weighted by molar-refractivity contribution is 5.88. The standard InChI is InChI=1S/C14H16F2N2O3/c15-10-6-9(14(20)21)7-11(16)13(10)17-8-12(19)18-4-2-1-3-5-18/h6-7,17H,1-5,8H2,(H,20,21). The minimum Gasteiger partial charge on any atom is -0.478 e. The topological polar surface area (TPSA) is 69.6 Å². The molecule has 1 heterocycles. The molecule has 0 aromatic heterocycles. The summed E-state index contributed by atoms with van der Waals surface area (Å²) in [5.41, 5.74) is -0.955. The maximum absolute atomic E-state index is 13.7. The molecule has 0 atom stereocenters. The molecule has 0 spiro atoms. The molecule has 5 nitrogen and oxygen atoms in total. The van der Waals surface area contributed by atoms with Crippen LogP contribution in [0.25, 0.3) is 0 Å². The number of carboxylic acid groups (broad SMARTS) is 1. The van der Waals surface area contributed by atoms with Gasteiger partial charge >= 0.3 is 5.97 Å². The van der Waals surface area contributed by atoms with Crippen LogP contribution in [0.2, 0.25) is 0 Å². The van der Waals surface area contributed by atoms with Crippen molar-refractivity contribution in [2.24, 2.45) is 0 Å². The molecule has 0 unspecified atom stereocenters. The van der Waals surface area contributed by atoms with Gasteiger partial charge in [-0.2, -0.15) is 0 Å². The normalized spacial score (nSPS) is 14.9. The summed E-state index contributed by atoms with van der Waals surface area (Å²) in [7, 11) is 0. The van der Waals surface area contributed by atoms with Crippen LogP contribution < -0.4 is 5.32 Å². The van der Waals surface area contributed by atoms with E-state index in [-0.39, 0.29) is 12.5 Å². The molecule has 114 valence electrons. The van der Waals surface area contributed by atoms with Crippen molar-refractivity contribution in [3.05, 3.63) is 29.3 Å². The third-order valence-electron chi connectivity index (χ3n) is 3.41. The fourth-order valence-electron chi connectivity index (χ4n) is 2.28. The quantitative estimate of drug-likeness (QED) is 0.893. The summed E-state index contributed by atoms with van der Waals surface area (Å²) in [6, 6.07) is 1.44. The highest BCUT2D eigenvalue weighted by Gasteiger charge is 2.19. The number of nitrogens with zero attached hydrogens (tertiary/aromatic N) is 1. The number of hydrogen-bond donors (Lipinski definition) is 2. The van der Waals surface area contributed by atoms with E-state index in [4.69, 9.17) is 5.11 Å². The van der Waals surface area contributed by atoms with Gasteiger partial charge in [0, 0.05) is 13.1 Å². The molecule has 0 aliphatic carbocycles. The van der Waals surface area contributed by atoms with E-state index in [1.54, 1.807) is 4.90 Å². The number of benzene rings is 1. The second kappa shape index (κ2) is 6.51. The number of nitrogens with one attached hydrogen (secondary N) is 1. The second-order valence-electron chi connectivity index (χ2n) is 4.92. The molecule has 21 heavy (non-hydrogen) atoms. The molecule has 2 N–H and O–H groups in total. The van der Waals surface area contributed by atoms with E-state index in [2.05, 4.69) is 5.32 Å². The van der Waals surface area contributed by atoms with E-state index >= 15 is 0 Å². The molecule has 7 heteroatoms. The highest BCUT2D eigenvalue weighted by atomic mass is 19.1. The Bertz CT molecular complexity index is 534. The van der Waals surface area contributed by atoms with Gasteiger partial charge in [0.05, 0.1) is 12.1 Å². The van der Waals surface area contributed by atoms with Crippen LogP contribution in [0.1, 0.15) is 29.6 Å². The molecular formula is C14H16F2N2O3. The van der Waals surface area contributed by atoms with Crippen molar-refractivity contribution in [1.82, 2.24) is 4.90 Å². The maximum atomic E-state index is 13.7. The van der Waals surface area contributed by atoms with Crippen molar-refractivity contribution >= 4 is 17.6 Å². The van der Waals surface area contributed by atoms with Crippen LogP contribution in [-0.2, 0) is 4.79 Å². The van der Waals surface area contributed by atoms with Gasteiger partial charge in [-0.05, 0) is 31.4 Å². The summed E-state index contributed by atoms with van der Waals surface area (Å²) in [6.45, 7) is 1.09. The van der Waals surface area contributed by atoms with E-state index in [0.717, 1.165) is 31.4 Å². The molecule has 0 saturated carbocycles. The van der Waals surface area contributed by atoms with Crippen LogP contribution in [0.5, 0.6) is 0 Å². The molecule has 1 fully saturated rings. The van der Waals surface area contributed by atoms with Crippen LogP contribution in [0.15, 0.2) is 12.1 Å². The molecule has 1 aliphatic heterocycles. The number of anilines is 1. The van der Waals surface area contributed by atoms with Gasteiger partial charge in [-0.25, -0.2) is 13.6 Å². The number of aromatic carboxylic acids is 1. The predicted molar refractivity (Wildman–Crippen MR) is 72.2 cm³/mol. The van der Waals surface area contributed by atoms with Crippen LogP contribution in [-0.4, -0.2) is 41.5 Å². The molecule has 2 rings (SSSR count). The minimum absolute atomic E-state index is 0.222. The third kappa shape index (κ3) is 3.68. The van der Waals surface area contributed by atoms with E-state index in [0.29, 0.717) is 13.1 Å². The number of likely N-dealkylation sites (tertiary alicyclic amines) is 1. The zero-order chi connectivity index (χ0) is 15.4. The lowest BCUT2D eigenvalue weighted by Gasteiger charge is -2.27. The lowest BCUT2D eigenvalue weighted by molar-refractivity contribution is -0.130. The first kappa shape index (κ1) is 15.2. The average molecular weight is 298 g/mol. The summed E-state index contributed by atoms with van der Waals surface area (Å²) in [4.78, 5) is 24.2. The fourth-order valence-corrected chi connectivity index (χ4v) is 2.28. The van der Waals surface area contributed by atoms with E-state index in [1.165, 1.54) is 0 Å². The third-order valence-corrected chi connectivity index (χ3v) is 3.41. The van der Waals surface area contributed by atoms with Crippen LogP contribution in [0, 0.1) is 11.6 Å². The SMILES string of the molecule is O=C(O)c1cc(F)c(NCC(=O)N2CCCCC2)c(F)c1. The Morgan fingerprint density at radius 3 is 2.24 bits per heavy atom. The van der Waals surface area contributed by atoms with Gasteiger partial charge < -0.3 is 15.3 Å². The number of amides is 1. The van der Waals surface area contributed by atoms with E-state index in [9.17, 15) is 18.4 Å². The Balaban J connectivity index is 2.02. The van der Waals surface area contributed by atoms with Crippen molar-refractivity contribution in [3.8, 4) is 0 Å². The Morgan fingerprint density at radius 2 is 1.71 bits per heavy atom. The first-order valence-electron chi connectivity index (χ1n) is 6.73. The van der Waals surface area contributed by atoms with E-state index in [1.807, 2.05) is 0 Å². The van der Waals surface area contributed by atoms with Crippen molar-refractivity contribution < 1.29 is 23.5 Å². The molecule has 1 amide bonds. The summed E-state index contributed by atoms with van der Waals surface area (Å²) < 4.78 is 27.3. The van der Waals surface area contributed by atoms with Gasteiger partial charge in [0.25, 0.3) is 0 Å². The first-order valence-corrected chi connectivity index (χ1v) is 6.73. The molecule has 0 radical (unpaired) electrons. The molecule has 1 aromatic rings. The summed E-state index contributed by atoms with van der Waals surface area (Å²) in [5.74, 6) is -3.70. The van der Waals surface area contributed by atoms with Gasteiger partial charge in [-0.15, -0.1) is 0 Å². The Hall–Kier alpha value is -2.18. The fraction of sp³-hybridized carbons (Fsp3) is 0.429. The van der Waals surface area contributed by atoms with Gasteiger partial charge in [0.1, 0.15) is 17.3 Å². The number of piperidine rings is 1.